The van der Waals surface area contributed by atoms with Gasteiger partial charge < -0.3 is 9.80 Å². The van der Waals surface area contributed by atoms with Crippen molar-refractivity contribution in [2.75, 3.05) is 31.9 Å². The van der Waals surface area contributed by atoms with Crippen LogP contribution in [0.1, 0.15) is 52.9 Å². The van der Waals surface area contributed by atoms with Crippen molar-refractivity contribution >= 4 is 24.4 Å². The van der Waals surface area contributed by atoms with Gasteiger partial charge in [-0.05, 0) is 30.4 Å². The molecule has 0 atom stereocenters. The van der Waals surface area contributed by atoms with E-state index in [1.165, 1.54) is 0 Å². The molecule has 2 amide bonds. The quantitative estimate of drug-likeness (QED) is 0.665. The molecule has 1 heterocycles. The van der Waals surface area contributed by atoms with Crippen LogP contribution < -0.4 is 0 Å². The lowest BCUT2D eigenvalue weighted by molar-refractivity contribution is -0.151. The molecule has 1 aliphatic heterocycles. The fraction of sp³-hybridized carbons (Fsp3) is 0.875. The van der Waals surface area contributed by atoms with E-state index < -0.39 is 0 Å². The van der Waals surface area contributed by atoms with Gasteiger partial charge in [0.25, 0.3) is 0 Å². The Balaban J connectivity index is 2.75. The highest BCUT2D eigenvalue weighted by Gasteiger charge is 2.36. The van der Waals surface area contributed by atoms with Crippen molar-refractivity contribution < 1.29 is 9.59 Å². The molecule has 1 aliphatic rings. The van der Waals surface area contributed by atoms with Crippen molar-refractivity contribution in [3.05, 3.63) is 0 Å². The third-order valence-corrected chi connectivity index (χ3v) is 4.94. The molecule has 0 aromatic heterocycles. The molecule has 0 spiro atoms. The first-order chi connectivity index (χ1) is 10.0. The number of amides is 2. The maximum absolute atomic E-state index is 12.3. The summed E-state index contributed by atoms with van der Waals surface area (Å²) in [5.41, 5.74) is 0.0511. The smallest absolute Gasteiger partial charge is 0.242 e. The summed E-state index contributed by atoms with van der Waals surface area (Å²) in [4.78, 5) is 27.9. The van der Waals surface area contributed by atoms with Crippen LogP contribution in [0.5, 0.6) is 0 Å². The minimum absolute atomic E-state index is 0.0511. The summed E-state index contributed by atoms with van der Waals surface area (Å²) in [6.07, 6.45) is 5.17. The van der Waals surface area contributed by atoms with E-state index in [0.717, 1.165) is 37.9 Å². The predicted molar refractivity (Wildman–Crippen MR) is 89.6 cm³/mol. The largest absolute Gasteiger partial charge is 0.332 e. The Kier molecular flexibility index (Phi) is 7.57. The molecule has 1 fully saturated rings. The Morgan fingerprint density at radius 2 is 1.48 bits per heavy atom. The van der Waals surface area contributed by atoms with Crippen molar-refractivity contribution in [3.63, 3.8) is 0 Å². The molecule has 21 heavy (non-hydrogen) atoms. The van der Waals surface area contributed by atoms with E-state index in [2.05, 4.69) is 26.5 Å². The van der Waals surface area contributed by atoms with E-state index in [0.29, 0.717) is 13.1 Å². The van der Waals surface area contributed by atoms with E-state index in [1.807, 2.05) is 6.92 Å². The van der Waals surface area contributed by atoms with Gasteiger partial charge in [-0.2, -0.15) is 12.6 Å². The lowest BCUT2D eigenvalue weighted by Gasteiger charge is -2.41. The van der Waals surface area contributed by atoms with Crippen LogP contribution in [0, 0.1) is 5.41 Å². The monoisotopic (exact) mass is 314 g/mol. The normalized spacial score (nSPS) is 16.8. The molecule has 0 radical (unpaired) electrons. The van der Waals surface area contributed by atoms with Crippen LogP contribution in [0.4, 0.5) is 0 Å². The van der Waals surface area contributed by atoms with E-state index in [1.54, 1.807) is 9.80 Å². The van der Waals surface area contributed by atoms with Gasteiger partial charge >= 0.3 is 0 Å². The number of thiol groups is 1. The summed E-state index contributed by atoms with van der Waals surface area (Å²) >= 11 is 4.54. The first kappa shape index (κ1) is 18.3. The van der Waals surface area contributed by atoms with Crippen LogP contribution in [0.2, 0.25) is 0 Å². The van der Waals surface area contributed by atoms with Gasteiger partial charge in [0.1, 0.15) is 0 Å². The second-order valence-corrected chi connectivity index (χ2v) is 6.54. The summed E-state index contributed by atoms with van der Waals surface area (Å²) in [7, 11) is 0. The molecule has 1 saturated heterocycles. The van der Waals surface area contributed by atoms with Crippen molar-refractivity contribution in [1.82, 2.24) is 9.80 Å². The Bertz CT molecular complexity index is 354. The highest BCUT2D eigenvalue weighted by atomic mass is 32.1. The lowest BCUT2D eigenvalue weighted by Crippen LogP contribution is -2.56. The maximum atomic E-state index is 12.3. The van der Waals surface area contributed by atoms with Crippen LogP contribution in [0.25, 0.3) is 0 Å². The van der Waals surface area contributed by atoms with Gasteiger partial charge in [0.05, 0.1) is 13.1 Å². The molecule has 0 bridgehead atoms. The SMILES string of the molecule is CCCN1CC(=O)N(CC(CS)(CCC)CCC)CC1=O. The topological polar surface area (TPSA) is 40.6 Å². The Hall–Kier alpha value is -0.710. The van der Waals surface area contributed by atoms with Gasteiger partial charge in [0, 0.05) is 13.1 Å². The molecule has 5 heteroatoms. The predicted octanol–water partition coefficient (Wildman–Crippen LogP) is 2.58. The fourth-order valence-electron chi connectivity index (χ4n) is 3.28. The molecule has 1 rings (SSSR count). The van der Waals surface area contributed by atoms with Gasteiger partial charge in [-0.15, -0.1) is 0 Å². The number of piperazine rings is 1. The van der Waals surface area contributed by atoms with Crippen molar-refractivity contribution in [2.45, 2.75) is 52.9 Å². The lowest BCUT2D eigenvalue weighted by atomic mass is 9.80. The highest BCUT2D eigenvalue weighted by Crippen LogP contribution is 2.33. The second kappa shape index (κ2) is 8.66. The van der Waals surface area contributed by atoms with Gasteiger partial charge in [0.2, 0.25) is 11.8 Å². The van der Waals surface area contributed by atoms with Gasteiger partial charge in [-0.3, -0.25) is 9.59 Å². The van der Waals surface area contributed by atoms with Crippen LogP contribution in [-0.4, -0.2) is 53.5 Å². The average molecular weight is 314 g/mol. The fourth-order valence-corrected chi connectivity index (χ4v) is 3.69. The summed E-state index contributed by atoms with van der Waals surface area (Å²) in [6, 6.07) is 0. The molecule has 0 aromatic rings. The summed E-state index contributed by atoms with van der Waals surface area (Å²) in [5, 5.41) is 0. The number of hydrogen-bond acceptors (Lipinski definition) is 3. The molecule has 4 nitrogen and oxygen atoms in total. The molecule has 0 aromatic carbocycles. The molecule has 0 unspecified atom stereocenters. The summed E-state index contributed by atoms with van der Waals surface area (Å²) in [5.74, 6) is 0.935. The van der Waals surface area contributed by atoms with Gasteiger partial charge in [-0.1, -0.05) is 33.6 Å². The number of hydrogen-bond donors (Lipinski definition) is 1. The van der Waals surface area contributed by atoms with Crippen molar-refractivity contribution in [3.8, 4) is 0 Å². The minimum Gasteiger partial charge on any atom is -0.332 e. The number of rotatable bonds is 9. The molecule has 0 saturated carbocycles. The third-order valence-electron chi connectivity index (χ3n) is 4.27. The molecular formula is C16H30N2O2S. The van der Waals surface area contributed by atoms with Crippen LogP contribution in [0.15, 0.2) is 0 Å². The molecule has 122 valence electrons. The zero-order valence-corrected chi connectivity index (χ0v) is 14.6. The van der Waals surface area contributed by atoms with Crippen LogP contribution >= 0.6 is 12.6 Å². The van der Waals surface area contributed by atoms with Crippen molar-refractivity contribution in [2.24, 2.45) is 5.41 Å². The molecule has 0 aliphatic carbocycles. The highest BCUT2D eigenvalue weighted by molar-refractivity contribution is 7.80. The summed E-state index contributed by atoms with van der Waals surface area (Å²) < 4.78 is 0. The standard InChI is InChI=1S/C16H30N2O2S/c1-4-7-16(13-21,8-5-2)12-18-11-14(19)17(9-6-3)10-15(18)20/h21H,4-13H2,1-3H3. The van der Waals surface area contributed by atoms with Gasteiger partial charge in [0.15, 0.2) is 0 Å². The number of carbonyl (C=O) groups is 2. The Morgan fingerprint density at radius 1 is 0.952 bits per heavy atom. The zero-order valence-electron chi connectivity index (χ0n) is 13.7. The first-order valence-corrected chi connectivity index (χ1v) is 8.81. The molecular weight excluding hydrogens is 284 g/mol. The average Bonchev–Trinajstić information content (AvgIpc) is 2.45. The third kappa shape index (κ3) is 4.90. The Labute approximate surface area is 134 Å². The molecule has 0 N–H and O–H groups in total. The number of carbonyl (C=O) groups excluding carboxylic acids is 2. The van der Waals surface area contributed by atoms with Crippen LogP contribution in [0.3, 0.4) is 0 Å². The zero-order chi connectivity index (χ0) is 15.9. The van der Waals surface area contributed by atoms with E-state index in [9.17, 15) is 9.59 Å². The van der Waals surface area contributed by atoms with Crippen molar-refractivity contribution in [1.29, 1.82) is 0 Å². The minimum atomic E-state index is 0.0511. The second-order valence-electron chi connectivity index (χ2n) is 6.22. The van der Waals surface area contributed by atoms with E-state index >= 15 is 0 Å². The van der Waals surface area contributed by atoms with E-state index in [4.69, 9.17) is 0 Å². The van der Waals surface area contributed by atoms with Crippen LogP contribution in [-0.2, 0) is 9.59 Å². The summed E-state index contributed by atoms with van der Waals surface area (Å²) in [6.45, 7) is 8.19. The Morgan fingerprint density at radius 3 is 1.95 bits per heavy atom. The first-order valence-electron chi connectivity index (χ1n) is 8.18. The number of nitrogens with zero attached hydrogens (tertiary/aromatic N) is 2. The van der Waals surface area contributed by atoms with Gasteiger partial charge in [-0.25, -0.2) is 0 Å². The maximum Gasteiger partial charge on any atom is 0.242 e. The van der Waals surface area contributed by atoms with E-state index in [-0.39, 0.29) is 30.3 Å².